The number of hydrogen-bond acceptors (Lipinski definition) is 7. The molecule has 0 aromatic carbocycles. The number of nitrogens with one attached hydrogen (secondary N) is 1. The van der Waals surface area contributed by atoms with E-state index in [0.717, 1.165) is 81.9 Å². The van der Waals surface area contributed by atoms with Crippen LogP contribution in [0, 0.1) is 5.92 Å². The Morgan fingerprint density at radius 3 is 2.69 bits per heavy atom. The van der Waals surface area contributed by atoms with E-state index >= 15 is 0 Å². The summed E-state index contributed by atoms with van der Waals surface area (Å²) in [6.45, 7) is 8.04. The molecule has 0 spiro atoms. The molecule has 1 atom stereocenters. The van der Waals surface area contributed by atoms with Crippen LogP contribution < -0.4 is 10.2 Å². The van der Waals surface area contributed by atoms with E-state index in [0.29, 0.717) is 0 Å². The van der Waals surface area contributed by atoms with Gasteiger partial charge in [0.15, 0.2) is 0 Å². The van der Waals surface area contributed by atoms with Crippen molar-refractivity contribution in [2.24, 2.45) is 5.92 Å². The standard InChI is InChI=1S/C20H31N7OS/c1-24-12-14-25(15-13-24)8-5-7-21-18(28)17-6-4-11-27(16-17)20-23-22-19(29-20)26-9-2-3-10-26/h2-3,9-10,17H,4-8,11-16H2,1H3,(H,21,28)/t17-/m1/s1. The van der Waals surface area contributed by atoms with Gasteiger partial charge in [0.2, 0.25) is 16.2 Å². The third-order valence-corrected chi connectivity index (χ3v) is 6.84. The zero-order valence-electron chi connectivity index (χ0n) is 17.2. The predicted octanol–water partition coefficient (Wildman–Crippen LogP) is 1.30. The molecule has 0 aliphatic carbocycles. The lowest BCUT2D eigenvalue weighted by Gasteiger charge is -2.32. The first-order valence-electron chi connectivity index (χ1n) is 10.6. The average Bonchev–Trinajstić information content (AvgIpc) is 3.44. The maximum atomic E-state index is 12.7. The number of piperazine rings is 1. The summed E-state index contributed by atoms with van der Waals surface area (Å²) in [6, 6.07) is 3.96. The lowest BCUT2D eigenvalue weighted by Crippen LogP contribution is -2.46. The summed E-state index contributed by atoms with van der Waals surface area (Å²) in [5.41, 5.74) is 0. The van der Waals surface area contributed by atoms with E-state index in [9.17, 15) is 4.79 Å². The van der Waals surface area contributed by atoms with Gasteiger partial charge in [-0.2, -0.15) is 0 Å². The molecule has 8 nitrogen and oxygen atoms in total. The largest absolute Gasteiger partial charge is 0.356 e. The van der Waals surface area contributed by atoms with Crippen LogP contribution in [-0.2, 0) is 4.79 Å². The lowest BCUT2D eigenvalue weighted by atomic mass is 9.97. The van der Waals surface area contributed by atoms with Gasteiger partial charge < -0.3 is 20.0 Å². The fourth-order valence-corrected chi connectivity index (χ4v) is 4.85. The number of carbonyl (C=O) groups is 1. The molecule has 2 aliphatic heterocycles. The maximum Gasteiger partial charge on any atom is 0.224 e. The second-order valence-corrected chi connectivity index (χ2v) is 8.97. The quantitative estimate of drug-likeness (QED) is 0.685. The van der Waals surface area contributed by atoms with Crippen LogP contribution in [0.2, 0.25) is 0 Å². The number of rotatable bonds is 7. The van der Waals surface area contributed by atoms with Crippen molar-refractivity contribution in [3.63, 3.8) is 0 Å². The summed E-state index contributed by atoms with van der Waals surface area (Å²) in [5, 5.41) is 13.6. The van der Waals surface area contributed by atoms with Crippen molar-refractivity contribution in [1.82, 2.24) is 29.9 Å². The van der Waals surface area contributed by atoms with Crippen molar-refractivity contribution in [2.45, 2.75) is 19.3 Å². The molecule has 1 amide bonds. The highest BCUT2D eigenvalue weighted by Crippen LogP contribution is 2.27. The van der Waals surface area contributed by atoms with Crippen molar-refractivity contribution < 1.29 is 4.79 Å². The zero-order valence-corrected chi connectivity index (χ0v) is 18.0. The van der Waals surface area contributed by atoms with Gasteiger partial charge in [-0.3, -0.25) is 9.36 Å². The minimum absolute atomic E-state index is 0.0336. The van der Waals surface area contributed by atoms with E-state index in [4.69, 9.17) is 0 Å². The van der Waals surface area contributed by atoms with Gasteiger partial charge in [-0.1, -0.05) is 11.3 Å². The fourth-order valence-electron chi connectivity index (χ4n) is 4.00. The van der Waals surface area contributed by atoms with Crippen molar-refractivity contribution in [2.75, 3.05) is 64.3 Å². The van der Waals surface area contributed by atoms with Crippen LogP contribution in [0.3, 0.4) is 0 Å². The Morgan fingerprint density at radius 2 is 1.90 bits per heavy atom. The minimum Gasteiger partial charge on any atom is -0.356 e. The maximum absolute atomic E-state index is 12.7. The summed E-state index contributed by atoms with van der Waals surface area (Å²) in [6.07, 6.45) is 6.92. The highest BCUT2D eigenvalue weighted by Gasteiger charge is 2.27. The van der Waals surface area contributed by atoms with Crippen LogP contribution >= 0.6 is 11.3 Å². The van der Waals surface area contributed by atoms with Crippen molar-refractivity contribution >= 4 is 22.4 Å². The van der Waals surface area contributed by atoms with Gasteiger partial charge in [-0.15, -0.1) is 10.2 Å². The number of likely N-dealkylation sites (N-methyl/N-ethyl adjacent to an activating group) is 1. The van der Waals surface area contributed by atoms with Crippen molar-refractivity contribution in [3.05, 3.63) is 24.5 Å². The monoisotopic (exact) mass is 417 g/mol. The molecule has 1 N–H and O–H groups in total. The molecule has 2 aromatic rings. The number of hydrogen-bond donors (Lipinski definition) is 1. The first-order chi connectivity index (χ1) is 14.2. The second-order valence-electron chi connectivity index (χ2n) is 8.03. The fraction of sp³-hybridized carbons (Fsp3) is 0.650. The van der Waals surface area contributed by atoms with Gasteiger partial charge in [-0.25, -0.2) is 0 Å². The number of carbonyl (C=O) groups excluding carboxylic acids is 1. The number of anilines is 1. The number of amides is 1. The first-order valence-corrected chi connectivity index (χ1v) is 11.4. The topological polar surface area (TPSA) is 69.5 Å². The number of piperidine rings is 1. The molecule has 0 unspecified atom stereocenters. The van der Waals surface area contributed by atoms with E-state index in [-0.39, 0.29) is 11.8 Å². The lowest BCUT2D eigenvalue weighted by molar-refractivity contribution is -0.125. The van der Waals surface area contributed by atoms with Crippen molar-refractivity contribution in [1.29, 1.82) is 0 Å². The van der Waals surface area contributed by atoms with Crippen LogP contribution in [0.25, 0.3) is 5.13 Å². The second kappa shape index (κ2) is 9.69. The van der Waals surface area contributed by atoms with Crippen LogP contribution in [0.4, 0.5) is 5.13 Å². The Kier molecular flexibility index (Phi) is 6.78. The molecule has 2 saturated heterocycles. The van der Waals surface area contributed by atoms with Gasteiger partial charge >= 0.3 is 0 Å². The molecule has 158 valence electrons. The molecule has 2 aliphatic rings. The first kappa shape index (κ1) is 20.3. The van der Waals surface area contributed by atoms with E-state index in [2.05, 4.69) is 37.3 Å². The third-order valence-electron chi connectivity index (χ3n) is 5.84. The molecule has 0 bridgehead atoms. The molecule has 2 aromatic heterocycles. The molecular formula is C20H31N7OS. The SMILES string of the molecule is CN1CCN(CCCNC(=O)[C@@H]2CCCN(c3nnc(-n4cccc4)s3)C2)CC1. The molecule has 4 rings (SSSR count). The van der Waals surface area contributed by atoms with Gasteiger partial charge in [0.1, 0.15) is 0 Å². The Morgan fingerprint density at radius 1 is 1.14 bits per heavy atom. The van der Waals surface area contributed by atoms with Crippen LogP contribution in [0.5, 0.6) is 0 Å². The molecule has 0 radical (unpaired) electrons. The van der Waals surface area contributed by atoms with Gasteiger partial charge in [0, 0.05) is 58.2 Å². The average molecular weight is 418 g/mol. The molecule has 9 heteroatoms. The molecule has 0 saturated carbocycles. The normalized spacial score (nSPS) is 21.4. The Balaban J connectivity index is 1.21. The van der Waals surface area contributed by atoms with Crippen LogP contribution in [0.15, 0.2) is 24.5 Å². The summed E-state index contributed by atoms with van der Waals surface area (Å²) >= 11 is 1.57. The number of aromatic nitrogens is 3. The minimum atomic E-state index is 0.0336. The van der Waals surface area contributed by atoms with Gasteiger partial charge in [0.05, 0.1) is 5.92 Å². The van der Waals surface area contributed by atoms with Crippen molar-refractivity contribution in [3.8, 4) is 5.13 Å². The third kappa shape index (κ3) is 5.34. The highest BCUT2D eigenvalue weighted by atomic mass is 32.1. The van der Waals surface area contributed by atoms with Crippen LogP contribution in [-0.4, -0.2) is 89.9 Å². The summed E-state index contributed by atoms with van der Waals surface area (Å²) in [4.78, 5) is 19.7. The Hall–Kier alpha value is -1.97. The highest BCUT2D eigenvalue weighted by molar-refractivity contribution is 7.17. The van der Waals surface area contributed by atoms with E-state index in [1.165, 1.54) is 0 Å². The van der Waals surface area contributed by atoms with E-state index < -0.39 is 0 Å². The summed E-state index contributed by atoms with van der Waals surface area (Å²) in [7, 11) is 2.17. The smallest absolute Gasteiger partial charge is 0.224 e. The van der Waals surface area contributed by atoms with Crippen LogP contribution in [0.1, 0.15) is 19.3 Å². The Labute approximate surface area is 176 Å². The Bertz CT molecular complexity index is 770. The predicted molar refractivity (Wildman–Crippen MR) is 116 cm³/mol. The summed E-state index contributed by atoms with van der Waals surface area (Å²) < 4.78 is 1.97. The summed E-state index contributed by atoms with van der Waals surface area (Å²) in [5.74, 6) is 0.217. The molecular weight excluding hydrogens is 386 g/mol. The molecule has 4 heterocycles. The molecule has 2 fully saturated rings. The van der Waals surface area contributed by atoms with Gasteiger partial charge in [-0.05, 0) is 45.0 Å². The van der Waals surface area contributed by atoms with E-state index in [1.807, 2.05) is 29.1 Å². The number of nitrogens with zero attached hydrogens (tertiary/aromatic N) is 6. The zero-order chi connectivity index (χ0) is 20.1. The molecule has 29 heavy (non-hydrogen) atoms. The van der Waals surface area contributed by atoms with E-state index in [1.54, 1.807) is 11.3 Å². The van der Waals surface area contributed by atoms with Gasteiger partial charge in [0.25, 0.3) is 0 Å².